The number of hydrogen-bond acceptors (Lipinski definition) is 2. The molecule has 0 radical (unpaired) electrons. The van der Waals surface area contributed by atoms with Crippen molar-refractivity contribution in [1.82, 2.24) is 5.32 Å². The molecular weight excluding hydrogens is 210 g/mol. The standard InChI is InChI=1S/C12H16F2N2/c1-15-7-12(4-5-12)8-16-9-2-3-10(13)11(14)6-9/h2-3,6,15-16H,4-5,7-8H2,1H3. The van der Waals surface area contributed by atoms with Crippen LogP contribution in [0.25, 0.3) is 0 Å². The average molecular weight is 226 g/mol. The molecule has 0 unspecified atom stereocenters. The predicted octanol–water partition coefficient (Wildman–Crippen LogP) is 2.38. The maximum absolute atomic E-state index is 12.9. The minimum atomic E-state index is -0.804. The molecule has 1 saturated carbocycles. The molecule has 0 spiro atoms. The summed E-state index contributed by atoms with van der Waals surface area (Å²) in [6.45, 7) is 1.77. The zero-order valence-electron chi connectivity index (χ0n) is 9.32. The van der Waals surface area contributed by atoms with Crippen LogP contribution in [0.4, 0.5) is 14.5 Å². The third-order valence-corrected chi connectivity index (χ3v) is 3.10. The summed E-state index contributed by atoms with van der Waals surface area (Å²) < 4.78 is 25.6. The Kier molecular flexibility index (Phi) is 3.10. The van der Waals surface area contributed by atoms with Crippen molar-refractivity contribution < 1.29 is 8.78 Å². The van der Waals surface area contributed by atoms with Crippen molar-refractivity contribution in [2.45, 2.75) is 12.8 Å². The molecule has 1 aliphatic carbocycles. The summed E-state index contributed by atoms with van der Waals surface area (Å²) in [5, 5.41) is 6.31. The lowest BCUT2D eigenvalue weighted by molar-refractivity contribution is 0.502. The van der Waals surface area contributed by atoms with Gasteiger partial charge in [0.2, 0.25) is 0 Å². The fraction of sp³-hybridized carbons (Fsp3) is 0.500. The van der Waals surface area contributed by atoms with Crippen LogP contribution < -0.4 is 10.6 Å². The van der Waals surface area contributed by atoms with E-state index >= 15 is 0 Å². The second-order valence-electron chi connectivity index (χ2n) is 4.51. The fourth-order valence-corrected chi connectivity index (χ4v) is 1.86. The lowest BCUT2D eigenvalue weighted by atomic mass is 10.1. The Morgan fingerprint density at radius 2 is 1.94 bits per heavy atom. The summed E-state index contributed by atoms with van der Waals surface area (Å²) in [7, 11) is 1.93. The number of rotatable bonds is 5. The van der Waals surface area contributed by atoms with E-state index in [1.807, 2.05) is 7.05 Å². The molecule has 0 aromatic heterocycles. The van der Waals surface area contributed by atoms with E-state index in [0.717, 1.165) is 19.2 Å². The maximum Gasteiger partial charge on any atom is 0.160 e. The van der Waals surface area contributed by atoms with Gasteiger partial charge in [-0.15, -0.1) is 0 Å². The van der Waals surface area contributed by atoms with Gasteiger partial charge in [-0.1, -0.05) is 0 Å². The molecule has 2 N–H and O–H groups in total. The average Bonchev–Trinajstić information content (AvgIpc) is 3.01. The molecule has 0 bridgehead atoms. The highest BCUT2D eigenvalue weighted by molar-refractivity contribution is 5.44. The smallest absolute Gasteiger partial charge is 0.160 e. The van der Waals surface area contributed by atoms with E-state index in [0.29, 0.717) is 11.1 Å². The molecule has 0 amide bonds. The lowest BCUT2D eigenvalue weighted by Crippen LogP contribution is -2.26. The van der Waals surface area contributed by atoms with E-state index in [-0.39, 0.29) is 0 Å². The van der Waals surface area contributed by atoms with E-state index in [9.17, 15) is 8.78 Å². The summed E-state index contributed by atoms with van der Waals surface area (Å²) in [6.07, 6.45) is 2.37. The van der Waals surface area contributed by atoms with Crippen LogP contribution in [-0.2, 0) is 0 Å². The van der Waals surface area contributed by atoms with Gasteiger partial charge in [-0.3, -0.25) is 0 Å². The second-order valence-corrected chi connectivity index (χ2v) is 4.51. The third kappa shape index (κ3) is 2.50. The quantitative estimate of drug-likeness (QED) is 0.805. The molecule has 1 fully saturated rings. The number of halogens is 2. The normalized spacial score (nSPS) is 17.2. The summed E-state index contributed by atoms with van der Waals surface area (Å²) in [5.74, 6) is -1.61. The SMILES string of the molecule is CNCC1(CNc2ccc(F)c(F)c2)CC1. The van der Waals surface area contributed by atoms with Crippen LogP contribution >= 0.6 is 0 Å². The summed E-state index contributed by atoms with van der Waals surface area (Å²) in [6, 6.07) is 3.91. The molecule has 0 saturated heterocycles. The van der Waals surface area contributed by atoms with Gasteiger partial charge in [-0.2, -0.15) is 0 Å². The third-order valence-electron chi connectivity index (χ3n) is 3.10. The van der Waals surface area contributed by atoms with Crippen LogP contribution in [0.5, 0.6) is 0 Å². The Labute approximate surface area is 94.0 Å². The molecule has 88 valence electrons. The summed E-state index contributed by atoms with van der Waals surface area (Å²) in [4.78, 5) is 0. The topological polar surface area (TPSA) is 24.1 Å². The largest absolute Gasteiger partial charge is 0.384 e. The highest BCUT2D eigenvalue weighted by Crippen LogP contribution is 2.44. The van der Waals surface area contributed by atoms with E-state index in [1.165, 1.54) is 18.9 Å². The minimum Gasteiger partial charge on any atom is -0.384 e. The van der Waals surface area contributed by atoms with Gasteiger partial charge < -0.3 is 10.6 Å². The fourth-order valence-electron chi connectivity index (χ4n) is 1.86. The van der Waals surface area contributed by atoms with E-state index in [4.69, 9.17) is 0 Å². The van der Waals surface area contributed by atoms with E-state index in [1.54, 1.807) is 6.07 Å². The van der Waals surface area contributed by atoms with Gasteiger partial charge in [0.15, 0.2) is 11.6 Å². The van der Waals surface area contributed by atoms with Gasteiger partial charge >= 0.3 is 0 Å². The van der Waals surface area contributed by atoms with Crippen LogP contribution in [0.15, 0.2) is 18.2 Å². The maximum atomic E-state index is 12.9. The molecule has 1 aromatic carbocycles. The number of benzene rings is 1. The van der Waals surface area contributed by atoms with Gasteiger partial charge in [0.1, 0.15) is 0 Å². The van der Waals surface area contributed by atoms with Crippen LogP contribution in [0, 0.1) is 17.0 Å². The Hall–Kier alpha value is -1.16. The van der Waals surface area contributed by atoms with E-state index < -0.39 is 11.6 Å². The zero-order valence-corrected chi connectivity index (χ0v) is 9.32. The molecule has 1 aromatic rings. The first-order chi connectivity index (χ1) is 7.65. The van der Waals surface area contributed by atoms with Gasteiger partial charge in [0.05, 0.1) is 0 Å². The Balaban J connectivity index is 1.92. The first kappa shape index (κ1) is 11.3. The molecule has 2 rings (SSSR count). The van der Waals surface area contributed by atoms with Crippen molar-refractivity contribution >= 4 is 5.69 Å². The van der Waals surface area contributed by atoms with Crippen molar-refractivity contribution in [3.8, 4) is 0 Å². The Bertz CT molecular complexity index is 375. The van der Waals surface area contributed by atoms with E-state index in [2.05, 4.69) is 10.6 Å². The molecule has 16 heavy (non-hydrogen) atoms. The number of anilines is 1. The van der Waals surface area contributed by atoms with Crippen LogP contribution in [0.1, 0.15) is 12.8 Å². The summed E-state index contributed by atoms with van der Waals surface area (Å²) >= 11 is 0. The van der Waals surface area contributed by atoms with Crippen molar-refractivity contribution in [3.63, 3.8) is 0 Å². The molecule has 0 heterocycles. The number of hydrogen-bond donors (Lipinski definition) is 2. The molecular formula is C12H16F2N2. The molecule has 1 aliphatic rings. The summed E-state index contributed by atoms with van der Waals surface area (Å²) in [5.41, 5.74) is 0.945. The highest BCUT2D eigenvalue weighted by Gasteiger charge is 2.41. The first-order valence-electron chi connectivity index (χ1n) is 5.49. The molecule has 0 aliphatic heterocycles. The van der Waals surface area contributed by atoms with Gasteiger partial charge in [0.25, 0.3) is 0 Å². The van der Waals surface area contributed by atoms with Crippen molar-refractivity contribution in [1.29, 1.82) is 0 Å². The van der Waals surface area contributed by atoms with Crippen LogP contribution in [0.3, 0.4) is 0 Å². The van der Waals surface area contributed by atoms with Crippen molar-refractivity contribution in [2.24, 2.45) is 5.41 Å². The number of nitrogens with one attached hydrogen (secondary N) is 2. The second kappa shape index (κ2) is 4.37. The van der Waals surface area contributed by atoms with Crippen LogP contribution in [0.2, 0.25) is 0 Å². The molecule has 4 heteroatoms. The Morgan fingerprint density at radius 3 is 2.50 bits per heavy atom. The monoisotopic (exact) mass is 226 g/mol. The van der Waals surface area contributed by atoms with Gasteiger partial charge in [0, 0.05) is 24.2 Å². The zero-order chi connectivity index (χ0) is 11.6. The van der Waals surface area contributed by atoms with Crippen molar-refractivity contribution in [2.75, 3.05) is 25.5 Å². The molecule has 2 nitrogen and oxygen atoms in total. The molecule has 0 atom stereocenters. The van der Waals surface area contributed by atoms with Crippen LogP contribution in [-0.4, -0.2) is 20.1 Å². The van der Waals surface area contributed by atoms with Gasteiger partial charge in [-0.05, 0) is 38.1 Å². The first-order valence-corrected chi connectivity index (χ1v) is 5.49. The Morgan fingerprint density at radius 1 is 1.19 bits per heavy atom. The lowest BCUT2D eigenvalue weighted by Gasteiger charge is -2.16. The highest BCUT2D eigenvalue weighted by atomic mass is 19.2. The predicted molar refractivity (Wildman–Crippen MR) is 60.4 cm³/mol. The van der Waals surface area contributed by atoms with Gasteiger partial charge in [-0.25, -0.2) is 8.78 Å². The minimum absolute atomic E-state index is 0.305. The van der Waals surface area contributed by atoms with Crippen molar-refractivity contribution in [3.05, 3.63) is 29.8 Å².